The van der Waals surface area contributed by atoms with Crippen LogP contribution in [0.4, 0.5) is 0 Å². The largest absolute Gasteiger partial charge is 0.475 e. The van der Waals surface area contributed by atoms with Crippen molar-refractivity contribution >= 4 is 35.8 Å². The fourth-order valence-electron chi connectivity index (χ4n) is 2.26. The van der Waals surface area contributed by atoms with Gasteiger partial charge in [-0.2, -0.15) is 11.8 Å². The van der Waals surface area contributed by atoms with Crippen LogP contribution in [0.5, 0.6) is 0 Å². The maximum absolute atomic E-state index is 11.6. The lowest BCUT2D eigenvalue weighted by molar-refractivity contribution is -0.118. The van der Waals surface area contributed by atoms with Gasteiger partial charge in [-0.15, -0.1) is 0 Å². The van der Waals surface area contributed by atoms with Gasteiger partial charge in [0, 0.05) is 5.39 Å². The molecule has 112 valence electrons. The molecule has 1 amide bonds. The molecule has 0 aliphatic rings. The smallest absolute Gasteiger partial charge is 0.464 e. The van der Waals surface area contributed by atoms with Crippen molar-refractivity contribution < 1.29 is 19.3 Å². The number of aryl methyl sites for hydroxylation is 1. The van der Waals surface area contributed by atoms with E-state index < -0.39 is 13.1 Å². The highest BCUT2D eigenvalue weighted by atomic mass is 32.2. The lowest BCUT2D eigenvalue weighted by Gasteiger charge is -2.17. The first kappa shape index (κ1) is 15.9. The Morgan fingerprint density at radius 3 is 2.90 bits per heavy atom. The Morgan fingerprint density at radius 1 is 1.48 bits per heavy atom. The Bertz CT molecular complexity index is 628. The molecule has 0 radical (unpaired) electrons. The van der Waals surface area contributed by atoms with Gasteiger partial charge < -0.3 is 19.8 Å². The normalized spacial score (nSPS) is 12.4. The van der Waals surface area contributed by atoms with Crippen molar-refractivity contribution in [2.45, 2.75) is 19.3 Å². The highest BCUT2D eigenvalue weighted by molar-refractivity contribution is 7.99. The van der Waals surface area contributed by atoms with Gasteiger partial charge in [-0.05, 0) is 30.7 Å². The summed E-state index contributed by atoms with van der Waals surface area (Å²) >= 11 is 1.38. The molecule has 0 saturated heterocycles. The molecule has 2 aromatic rings. The van der Waals surface area contributed by atoms with Crippen LogP contribution in [-0.2, 0) is 11.2 Å². The van der Waals surface area contributed by atoms with Crippen LogP contribution in [0.25, 0.3) is 11.0 Å². The van der Waals surface area contributed by atoms with Crippen LogP contribution >= 0.6 is 11.8 Å². The summed E-state index contributed by atoms with van der Waals surface area (Å²) < 4.78 is 5.53. The molecule has 0 fully saturated rings. The van der Waals surface area contributed by atoms with Crippen molar-refractivity contribution in [1.82, 2.24) is 5.32 Å². The van der Waals surface area contributed by atoms with Crippen LogP contribution in [0.2, 0.25) is 0 Å². The zero-order valence-electron chi connectivity index (χ0n) is 12.0. The fraction of sp³-hybridized carbons (Fsp3) is 0.357. The summed E-state index contributed by atoms with van der Waals surface area (Å²) in [5, 5.41) is 22.5. The summed E-state index contributed by atoms with van der Waals surface area (Å²) in [5.74, 6) is -0.690. The summed E-state index contributed by atoms with van der Waals surface area (Å²) in [6, 6.07) is 5.80. The van der Waals surface area contributed by atoms with E-state index in [4.69, 9.17) is 4.42 Å². The molecule has 0 aliphatic carbocycles. The van der Waals surface area contributed by atoms with Crippen LogP contribution in [0.15, 0.2) is 28.9 Å². The molecule has 1 atom stereocenters. The first-order chi connectivity index (χ1) is 10.0. The van der Waals surface area contributed by atoms with Gasteiger partial charge in [0.25, 0.3) is 0 Å². The van der Waals surface area contributed by atoms with E-state index >= 15 is 0 Å². The molecule has 21 heavy (non-hydrogen) atoms. The molecule has 1 heterocycles. The number of carbonyl (C=O) groups is 1. The highest BCUT2D eigenvalue weighted by Crippen LogP contribution is 2.25. The van der Waals surface area contributed by atoms with E-state index in [0.29, 0.717) is 6.42 Å². The van der Waals surface area contributed by atoms with Crippen LogP contribution in [0.1, 0.15) is 11.1 Å². The molecular weight excluding hydrogens is 289 g/mol. The van der Waals surface area contributed by atoms with Crippen molar-refractivity contribution in [3.8, 4) is 0 Å². The summed E-state index contributed by atoms with van der Waals surface area (Å²) in [4.78, 5) is 11.6. The molecule has 2 rings (SSSR count). The lowest BCUT2D eigenvalue weighted by atomic mass is 9.76. The third-order valence-electron chi connectivity index (χ3n) is 3.30. The second-order valence-corrected chi connectivity index (χ2v) is 5.80. The minimum atomic E-state index is -1.62. The Morgan fingerprint density at radius 2 is 2.24 bits per heavy atom. The standard InChI is InChI=1S/C14H18BNO4S/c1-9-4-3-5-11-10(7-20-14(9)11)6-12(15(18)19)16-13(17)8-21-2/h3-5,7,12,18-19H,6,8H2,1-2H3,(H,16,17)/t12-/m0/s1. The first-order valence-electron chi connectivity index (χ1n) is 6.63. The minimum Gasteiger partial charge on any atom is -0.464 e. The lowest BCUT2D eigenvalue weighted by Crippen LogP contribution is -2.48. The summed E-state index contributed by atoms with van der Waals surface area (Å²) in [7, 11) is -1.62. The number of fused-ring (bicyclic) bond motifs is 1. The fourth-order valence-corrected chi connectivity index (χ4v) is 2.61. The number of thioether (sulfide) groups is 1. The van der Waals surface area contributed by atoms with Gasteiger partial charge in [0.1, 0.15) is 5.58 Å². The molecule has 0 aliphatic heterocycles. The van der Waals surface area contributed by atoms with Crippen molar-refractivity contribution in [3.05, 3.63) is 35.6 Å². The zero-order chi connectivity index (χ0) is 15.4. The molecule has 0 saturated carbocycles. The second kappa shape index (κ2) is 7.02. The van der Waals surface area contributed by atoms with E-state index in [0.717, 1.165) is 22.1 Å². The molecular formula is C14H18BNO4S. The number of benzene rings is 1. The number of amides is 1. The molecule has 0 unspecified atom stereocenters. The number of hydrogen-bond donors (Lipinski definition) is 3. The summed E-state index contributed by atoms with van der Waals surface area (Å²) in [5.41, 5.74) is 2.65. The van der Waals surface area contributed by atoms with Crippen molar-refractivity contribution in [3.63, 3.8) is 0 Å². The minimum absolute atomic E-state index is 0.218. The molecule has 1 aromatic carbocycles. The van der Waals surface area contributed by atoms with Crippen molar-refractivity contribution in [1.29, 1.82) is 0 Å². The number of hydrogen-bond acceptors (Lipinski definition) is 5. The average Bonchev–Trinajstić information content (AvgIpc) is 2.83. The van der Waals surface area contributed by atoms with Crippen LogP contribution in [-0.4, -0.2) is 41.0 Å². The predicted octanol–water partition coefficient (Wildman–Crippen LogP) is 1.14. The first-order valence-corrected chi connectivity index (χ1v) is 8.02. The van der Waals surface area contributed by atoms with E-state index in [1.165, 1.54) is 11.8 Å². The van der Waals surface area contributed by atoms with Gasteiger partial charge >= 0.3 is 7.12 Å². The topological polar surface area (TPSA) is 82.7 Å². The third-order valence-corrected chi connectivity index (χ3v) is 3.85. The van der Waals surface area contributed by atoms with Gasteiger partial charge in [-0.25, -0.2) is 0 Å². The van der Waals surface area contributed by atoms with E-state index in [1.807, 2.05) is 31.4 Å². The van der Waals surface area contributed by atoms with Crippen molar-refractivity contribution in [2.24, 2.45) is 0 Å². The molecule has 0 spiro atoms. The molecule has 7 heteroatoms. The van der Waals surface area contributed by atoms with Gasteiger partial charge in [0.15, 0.2) is 0 Å². The second-order valence-electron chi connectivity index (χ2n) is 4.94. The van der Waals surface area contributed by atoms with E-state index in [2.05, 4.69) is 5.32 Å². The summed E-state index contributed by atoms with van der Waals surface area (Å²) in [6.07, 6.45) is 3.72. The maximum Gasteiger partial charge on any atom is 0.475 e. The van der Waals surface area contributed by atoms with E-state index in [-0.39, 0.29) is 11.7 Å². The summed E-state index contributed by atoms with van der Waals surface area (Å²) in [6.45, 7) is 1.95. The van der Waals surface area contributed by atoms with Crippen LogP contribution in [0, 0.1) is 6.92 Å². The average molecular weight is 307 g/mol. The van der Waals surface area contributed by atoms with Crippen LogP contribution in [0.3, 0.4) is 0 Å². The number of nitrogens with one attached hydrogen (secondary N) is 1. The van der Waals surface area contributed by atoms with Gasteiger partial charge in [0.05, 0.1) is 18.0 Å². The Balaban J connectivity index is 2.19. The van der Waals surface area contributed by atoms with E-state index in [1.54, 1.807) is 6.26 Å². The quantitative estimate of drug-likeness (QED) is 0.697. The number of para-hydroxylation sites is 1. The van der Waals surface area contributed by atoms with Gasteiger partial charge in [0.2, 0.25) is 5.91 Å². The highest BCUT2D eigenvalue weighted by Gasteiger charge is 2.26. The number of rotatable bonds is 6. The number of furan rings is 1. The van der Waals surface area contributed by atoms with Crippen molar-refractivity contribution in [2.75, 3.05) is 12.0 Å². The van der Waals surface area contributed by atoms with Gasteiger partial charge in [-0.3, -0.25) is 4.79 Å². The Labute approximate surface area is 127 Å². The third kappa shape index (κ3) is 3.81. The number of carbonyl (C=O) groups excluding carboxylic acids is 1. The molecule has 5 nitrogen and oxygen atoms in total. The molecule has 1 aromatic heterocycles. The molecule has 0 bridgehead atoms. The predicted molar refractivity (Wildman–Crippen MR) is 85.2 cm³/mol. The maximum atomic E-state index is 11.6. The Hall–Kier alpha value is -1.44. The SMILES string of the molecule is CSCC(=O)N[C@@H](Cc1coc2c(C)cccc12)B(O)O. The monoisotopic (exact) mass is 307 g/mol. The zero-order valence-corrected chi connectivity index (χ0v) is 12.8. The van der Waals surface area contributed by atoms with Crippen LogP contribution < -0.4 is 5.32 Å². The molecule has 3 N–H and O–H groups in total. The Kier molecular flexibility index (Phi) is 5.33. The van der Waals surface area contributed by atoms with E-state index in [9.17, 15) is 14.8 Å². The van der Waals surface area contributed by atoms with Gasteiger partial charge in [-0.1, -0.05) is 18.2 Å².